The predicted molar refractivity (Wildman–Crippen MR) is 91.9 cm³/mol. The zero-order valence-electron chi connectivity index (χ0n) is 13.8. The van der Waals surface area contributed by atoms with Gasteiger partial charge < -0.3 is 15.4 Å². The number of benzene rings is 2. The molecular formula is C19H20N2O3. The van der Waals surface area contributed by atoms with Gasteiger partial charge >= 0.3 is 0 Å². The summed E-state index contributed by atoms with van der Waals surface area (Å²) < 4.78 is 5.52. The minimum Gasteiger partial charge on any atom is -0.479 e. The fourth-order valence-corrected chi connectivity index (χ4v) is 2.61. The van der Waals surface area contributed by atoms with Gasteiger partial charge in [-0.25, -0.2) is 0 Å². The summed E-state index contributed by atoms with van der Waals surface area (Å²) in [5.74, 6) is 0.455. The zero-order valence-corrected chi connectivity index (χ0v) is 13.8. The van der Waals surface area contributed by atoms with E-state index in [1.54, 1.807) is 6.92 Å². The van der Waals surface area contributed by atoms with Crippen LogP contribution in [0.1, 0.15) is 23.6 Å². The maximum Gasteiger partial charge on any atom is 0.265 e. The van der Waals surface area contributed by atoms with Crippen LogP contribution >= 0.6 is 0 Å². The molecule has 1 aliphatic heterocycles. The summed E-state index contributed by atoms with van der Waals surface area (Å²) in [6, 6.07) is 13.4. The van der Waals surface area contributed by atoms with E-state index < -0.39 is 6.10 Å². The molecule has 0 aromatic heterocycles. The van der Waals surface area contributed by atoms with Gasteiger partial charge in [0.2, 0.25) is 5.91 Å². The minimum atomic E-state index is -0.489. The monoisotopic (exact) mass is 324 g/mol. The van der Waals surface area contributed by atoms with E-state index in [1.165, 1.54) is 0 Å². The van der Waals surface area contributed by atoms with Crippen molar-refractivity contribution in [3.63, 3.8) is 0 Å². The third-order valence-electron chi connectivity index (χ3n) is 4.08. The zero-order chi connectivity index (χ0) is 17.1. The normalized spacial score (nSPS) is 15.9. The maximum atomic E-state index is 12.1. The average Bonchev–Trinajstić information content (AvgIpc) is 2.56. The Hall–Kier alpha value is -2.82. The molecular weight excluding hydrogens is 304 g/mol. The first-order valence-electron chi connectivity index (χ1n) is 7.94. The number of fused-ring (bicyclic) bond motifs is 1. The third kappa shape index (κ3) is 3.56. The van der Waals surface area contributed by atoms with Gasteiger partial charge in [0, 0.05) is 6.54 Å². The molecule has 1 atom stereocenters. The number of amides is 2. The fraction of sp³-hybridized carbons (Fsp3) is 0.263. The van der Waals surface area contributed by atoms with Crippen LogP contribution < -0.4 is 15.4 Å². The molecule has 124 valence electrons. The Bertz CT molecular complexity index is 786. The van der Waals surface area contributed by atoms with E-state index in [0.29, 0.717) is 24.4 Å². The van der Waals surface area contributed by atoms with Crippen molar-refractivity contribution in [1.29, 1.82) is 0 Å². The van der Waals surface area contributed by atoms with Gasteiger partial charge in [0.05, 0.1) is 12.1 Å². The molecule has 3 rings (SSSR count). The smallest absolute Gasteiger partial charge is 0.265 e. The first kappa shape index (κ1) is 16.1. The molecule has 1 heterocycles. The third-order valence-corrected chi connectivity index (χ3v) is 4.08. The Kier molecular flexibility index (Phi) is 4.51. The molecule has 0 fully saturated rings. The molecule has 1 aliphatic rings. The summed E-state index contributed by atoms with van der Waals surface area (Å²) in [5.41, 5.74) is 3.68. The van der Waals surface area contributed by atoms with Crippen LogP contribution in [-0.4, -0.2) is 17.9 Å². The second kappa shape index (κ2) is 6.74. The molecule has 5 heteroatoms. The molecule has 1 unspecified atom stereocenters. The first-order valence-corrected chi connectivity index (χ1v) is 7.94. The van der Waals surface area contributed by atoms with Crippen molar-refractivity contribution < 1.29 is 14.3 Å². The average molecular weight is 324 g/mol. The summed E-state index contributed by atoms with van der Waals surface area (Å²) >= 11 is 0. The molecule has 0 radical (unpaired) electrons. The quantitative estimate of drug-likeness (QED) is 0.908. The number of aryl methyl sites for hydroxylation is 1. The van der Waals surface area contributed by atoms with Crippen LogP contribution in [0.4, 0.5) is 5.69 Å². The van der Waals surface area contributed by atoms with Crippen LogP contribution in [-0.2, 0) is 22.6 Å². The summed E-state index contributed by atoms with van der Waals surface area (Å²) in [7, 11) is 0. The summed E-state index contributed by atoms with van der Waals surface area (Å²) in [5, 5.41) is 5.72. The van der Waals surface area contributed by atoms with E-state index in [4.69, 9.17) is 4.74 Å². The fourth-order valence-electron chi connectivity index (χ4n) is 2.61. The number of carbonyl (C=O) groups is 2. The summed E-state index contributed by atoms with van der Waals surface area (Å²) in [6.07, 6.45) is -0.133. The van der Waals surface area contributed by atoms with Gasteiger partial charge in [-0.2, -0.15) is 0 Å². The summed E-state index contributed by atoms with van der Waals surface area (Å²) in [4.78, 5) is 23.8. The Morgan fingerprint density at radius 3 is 2.83 bits per heavy atom. The highest BCUT2D eigenvalue weighted by atomic mass is 16.5. The van der Waals surface area contributed by atoms with Crippen LogP contribution in [0.2, 0.25) is 0 Å². The highest BCUT2D eigenvalue weighted by Gasteiger charge is 2.23. The molecule has 2 aromatic rings. The van der Waals surface area contributed by atoms with E-state index in [0.717, 1.165) is 16.7 Å². The Labute approximate surface area is 141 Å². The topological polar surface area (TPSA) is 67.4 Å². The van der Waals surface area contributed by atoms with Crippen molar-refractivity contribution >= 4 is 17.5 Å². The molecule has 2 N–H and O–H groups in total. The second-order valence-electron chi connectivity index (χ2n) is 5.96. The predicted octanol–water partition coefficient (Wildman–Crippen LogP) is 2.57. The van der Waals surface area contributed by atoms with Crippen LogP contribution in [0, 0.1) is 6.92 Å². The molecule has 24 heavy (non-hydrogen) atoms. The molecule has 0 bridgehead atoms. The number of hydrogen-bond donors (Lipinski definition) is 2. The number of hydrogen-bond acceptors (Lipinski definition) is 3. The van der Waals surface area contributed by atoms with Gasteiger partial charge in [0.25, 0.3) is 5.91 Å². The van der Waals surface area contributed by atoms with Gasteiger partial charge in [-0.3, -0.25) is 9.59 Å². The van der Waals surface area contributed by atoms with Crippen LogP contribution in [0.15, 0.2) is 42.5 Å². The van der Waals surface area contributed by atoms with Gasteiger partial charge in [-0.15, -0.1) is 0 Å². The van der Waals surface area contributed by atoms with Gasteiger partial charge in [0.15, 0.2) is 6.10 Å². The highest BCUT2D eigenvalue weighted by molar-refractivity contribution is 5.97. The second-order valence-corrected chi connectivity index (χ2v) is 5.96. The van der Waals surface area contributed by atoms with Crippen LogP contribution in [0.3, 0.4) is 0 Å². The molecule has 0 spiro atoms. The Morgan fingerprint density at radius 1 is 1.25 bits per heavy atom. The largest absolute Gasteiger partial charge is 0.479 e. The van der Waals surface area contributed by atoms with Crippen molar-refractivity contribution in [1.82, 2.24) is 5.32 Å². The number of anilines is 1. The van der Waals surface area contributed by atoms with Crippen molar-refractivity contribution in [2.45, 2.75) is 32.9 Å². The number of carbonyl (C=O) groups excluding carboxylic acids is 2. The summed E-state index contributed by atoms with van der Waals surface area (Å²) in [6.45, 7) is 4.11. The van der Waals surface area contributed by atoms with Gasteiger partial charge in [-0.1, -0.05) is 30.3 Å². The standard InChI is InChI=1S/C19H20N2O3/c1-12-5-3-4-6-15(12)10-18(22)20-11-14-7-8-17-16(9-14)21-19(23)13(2)24-17/h3-9,13H,10-11H2,1-2H3,(H,20,22)(H,21,23). The molecule has 0 saturated carbocycles. The van der Waals surface area contributed by atoms with Crippen molar-refractivity contribution in [2.24, 2.45) is 0 Å². The molecule has 0 aliphatic carbocycles. The number of rotatable bonds is 4. The van der Waals surface area contributed by atoms with E-state index in [2.05, 4.69) is 10.6 Å². The number of ether oxygens (including phenoxy) is 1. The van der Waals surface area contributed by atoms with Crippen LogP contribution in [0.25, 0.3) is 0 Å². The van der Waals surface area contributed by atoms with Gasteiger partial charge in [0.1, 0.15) is 5.75 Å². The molecule has 5 nitrogen and oxygen atoms in total. The Balaban J connectivity index is 1.61. The van der Waals surface area contributed by atoms with Gasteiger partial charge in [-0.05, 0) is 42.7 Å². The first-order chi connectivity index (χ1) is 11.5. The van der Waals surface area contributed by atoms with Crippen LogP contribution in [0.5, 0.6) is 5.75 Å². The highest BCUT2D eigenvalue weighted by Crippen LogP contribution is 2.30. The van der Waals surface area contributed by atoms with Crippen molar-refractivity contribution in [2.75, 3.05) is 5.32 Å². The lowest BCUT2D eigenvalue weighted by molar-refractivity contribution is -0.123. The van der Waals surface area contributed by atoms with E-state index in [9.17, 15) is 9.59 Å². The Morgan fingerprint density at radius 2 is 2.04 bits per heavy atom. The SMILES string of the molecule is Cc1ccccc1CC(=O)NCc1ccc2c(c1)NC(=O)C(C)O2. The van der Waals surface area contributed by atoms with E-state index >= 15 is 0 Å². The molecule has 2 aromatic carbocycles. The lowest BCUT2D eigenvalue weighted by atomic mass is 10.1. The van der Waals surface area contributed by atoms with Crippen molar-refractivity contribution in [3.05, 3.63) is 59.2 Å². The maximum absolute atomic E-state index is 12.1. The molecule has 2 amide bonds. The molecule has 0 saturated heterocycles. The van der Waals surface area contributed by atoms with Crippen molar-refractivity contribution in [3.8, 4) is 5.75 Å². The van der Waals surface area contributed by atoms with E-state index in [-0.39, 0.29) is 11.8 Å². The lowest BCUT2D eigenvalue weighted by Gasteiger charge is -2.23. The lowest BCUT2D eigenvalue weighted by Crippen LogP contribution is -2.34. The van der Waals surface area contributed by atoms with E-state index in [1.807, 2.05) is 49.4 Å². The number of nitrogens with one attached hydrogen (secondary N) is 2. The minimum absolute atomic E-state index is 0.0315.